The Labute approximate surface area is 105 Å². The molecule has 0 radical (unpaired) electrons. The molecule has 2 aromatic heterocycles. The molecule has 0 saturated heterocycles. The van der Waals surface area contributed by atoms with E-state index in [1.807, 2.05) is 6.20 Å². The number of hydrogen-bond acceptors (Lipinski definition) is 2. The van der Waals surface area contributed by atoms with Crippen molar-refractivity contribution in [1.29, 1.82) is 0 Å². The second kappa shape index (κ2) is 4.14. The van der Waals surface area contributed by atoms with Crippen LogP contribution < -0.4 is 0 Å². The molecule has 0 saturated carbocycles. The molecule has 0 amide bonds. The summed E-state index contributed by atoms with van der Waals surface area (Å²) in [4.78, 5) is 14.9. The van der Waals surface area contributed by atoms with Crippen LogP contribution in [-0.4, -0.2) is 19.9 Å². The van der Waals surface area contributed by atoms with E-state index in [-0.39, 0.29) is 0 Å². The van der Waals surface area contributed by atoms with Crippen molar-refractivity contribution in [3.8, 4) is 22.9 Å². The molecule has 4 nitrogen and oxygen atoms in total. The smallest absolute Gasteiger partial charge is 0.174 e. The molecule has 0 fully saturated rings. The van der Waals surface area contributed by atoms with Crippen molar-refractivity contribution in [2.45, 2.75) is 13.8 Å². The molecule has 4 heteroatoms. The Balaban J connectivity index is 2.03. The number of nitrogens with one attached hydrogen (secondary N) is 2. The largest absolute Gasteiger partial charge is 0.342 e. The van der Waals surface area contributed by atoms with Gasteiger partial charge in [-0.3, -0.25) is 0 Å². The van der Waals surface area contributed by atoms with E-state index in [0.29, 0.717) is 0 Å². The van der Waals surface area contributed by atoms with E-state index >= 15 is 0 Å². The highest BCUT2D eigenvalue weighted by Gasteiger charge is 2.08. The molecule has 3 aromatic rings. The minimum absolute atomic E-state index is 0.756. The van der Waals surface area contributed by atoms with Crippen LogP contribution in [0.3, 0.4) is 0 Å². The average molecular weight is 238 g/mol. The maximum absolute atomic E-state index is 4.35. The molecular formula is C14H14N4. The van der Waals surface area contributed by atoms with Gasteiger partial charge in [0.1, 0.15) is 0 Å². The van der Waals surface area contributed by atoms with E-state index in [9.17, 15) is 0 Å². The van der Waals surface area contributed by atoms with E-state index in [1.165, 1.54) is 16.7 Å². The Morgan fingerprint density at radius 3 is 2.67 bits per heavy atom. The van der Waals surface area contributed by atoms with Crippen molar-refractivity contribution in [3.05, 3.63) is 47.9 Å². The lowest BCUT2D eigenvalue weighted by Gasteiger charge is -2.03. The van der Waals surface area contributed by atoms with E-state index in [2.05, 4.69) is 52.0 Å². The van der Waals surface area contributed by atoms with Gasteiger partial charge in [0.2, 0.25) is 0 Å². The van der Waals surface area contributed by atoms with Crippen LogP contribution in [0.2, 0.25) is 0 Å². The fourth-order valence-electron chi connectivity index (χ4n) is 2.09. The number of rotatable bonds is 2. The topological polar surface area (TPSA) is 57.4 Å². The van der Waals surface area contributed by atoms with Gasteiger partial charge in [0, 0.05) is 18.0 Å². The zero-order valence-electron chi connectivity index (χ0n) is 10.4. The minimum Gasteiger partial charge on any atom is -0.342 e. The van der Waals surface area contributed by atoms with Crippen molar-refractivity contribution in [3.63, 3.8) is 0 Å². The molecular weight excluding hydrogens is 224 g/mol. The van der Waals surface area contributed by atoms with Crippen molar-refractivity contribution >= 4 is 0 Å². The van der Waals surface area contributed by atoms with Gasteiger partial charge in [-0.15, -0.1) is 0 Å². The third-order valence-corrected chi connectivity index (χ3v) is 2.97. The highest BCUT2D eigenvalue weighted by atomic mass is 15.0. The maximum atomic E-state index is 4.35. The first-order chi connectivity index (χ1) is 8.74. The van der Waals surface area contributed by atoms with Gasteiger partial charge in [-0.25, -0.2) is 9.97 Å². The fraction of sp³-hybridized carbons (Fsp3) is 0.143. The Morgan fingerprint density at radius 2 is 1.94 bits per heavy atom. The van der Waals surface area contributed by atoms with Gasteiger partial charge in [0.25, 0.3) is 0 Å². The Kier molecular flexibility index (Phi) is 2.48. The van der Waals surface area contributed by atoms with Crippen LogP contribution in [0.15, 0.2) is 36.8 Å². The summed E-state index contributed by atoms with van der Waals surface area (Å²) >= 11 is 0. The Morgan fingerprint density at radius 1 is 1.06 bits per heavy atom. The van der Waals surface area contributed by atoms with E-state index in [1.54, 1.807) is 12.4 Å². The first-order valence-electron chi connectivity index (χ1n) is 5.86. The maximum Gasteiger partial charge on any atom is 0.174 e. The summed E-state index contributed by atoms with van der Waals surface area (Å²) in [5.74, 6) is 1.51. The number of aryl methyl sites for hydroxylation is 2. The van der Waals surface area contributed by atoms with Gasteiger partial charge < -0.3 is 9.97 Å². The van der Waals surface area contributed by atoms with Crippen molar-refractivity contribution < 1.29 is 0 Å². The SMILES string of the molecule is Cc1ccc(-c2cnc(-c3ncc[nH]3)[nH]2)c(C)c1. The summed E-state index contributed by atoms with van der Waals surface area (Å²) in [7, 11) is 0. The summed E-state index contributed by atoms with van der Waals surface area (Å²) in [5, 5.41) is 0. The monoisotopic (exact) mass is 238 g/mol. The quantitative estimate of drug-likeness (QED) is 0.720. The summed E-state index contributed by atoms with van der Waals surface area (Å²) in [6.45, 7) is 4.20. The number of H-pyrrole nitrogens is 2. The number of benzene rings is 1. The lowest BCUT2D eigenvalue weighted by atomic mass is 10.0. The second-order valence-corrected chi connectivity index (χ2v) is 4.40. The number of imidazole rings is 2. The van der Waals surface area contributed by atoms with Crippen LogP contribution in [0, 0.1) is 13.8 Å². The predicted octanol–water partition coefficient (Wildman–Crippen LogP) is 3.08. The first-order valence-corrected chi connectivity index (χ1v) is 5.86. The molecule has 18 heavy (non-hydrogen) atoms. The van der Waals surface area contributed by atoms with Crippen LogP contribution in [0.4, 0.5) is 0 Å². The van der Waals surface area contributed by atoms with E-state index in [0.717, 1.165) is 17.3 Å². The van der Waals surface area contributed by atoms with Gasteiger partial charge in [-0.2, -0.15) is 0 Å². The Bertz CT molecular complexity index is 665. The lowest BCUT2D eigenvalue weighted by molar-refractivity contribution is 1.20. The molecule has 0 unspecified atom stereocenters. The van der Waals surface area contributed by atoms with Crippen LogP contribution in [-0.2, 0) is 0 Å². The standard InChI is InChI=1S/C14H14N4/c1-9-3-4-11(10(2)7-9)12-8-17-14(18-12)13-15-5-6-16-13/h3-8H,1-2H3,(H,15,16)(H,17,18). The van der Waals surface area contributed by atoms with E-state index < -0.39 is 0 Å². The van der Waals surface area contributed by atoms with Gasteiger partial charge in [0.05, 0.1) is 11.9 Å². The molecule has 0 spiro atoms. The molecule has 2 heterocycles. The zero-order valence-corrected chi connectivity index (χ0v) is 10.4. The molecule has 1 aromatic carbocycles. The number of nitrogens with zero attached hydrogens (tertiary/aromatic N) is 2. The lowest BCUT2D eigenvalue weighted by Crippen LogP contribution is -1.86. The first kappa shape index (κ1) is 10.8. The molecule has 0 bridgehead atoms. The molecule has 2 N–H and O–H groups in total. The molecule has 3 rings (SSSR count). The average Bonchev–Trinajstić information content (AvgIpc) is 2.99. The van der Waals surface area contributed by atoms with Crippen molar-refractivity contribution in [2.24, 2.45) is 0 Å². The second-order valence-electron chi connectivity index (χ2n) is 4.40. The third-order valence-electron chi connectivity index (χ3n) is 2.97. The summed E-state index contributed by atoms with van der Waals surface area (Å²) < 4.78 is 0. The van der Waals surface area contributed by atoms with Crippen LogP contribution >= 0.6 is 0 Å². The molecule has 0 aliphatic heterocycles. The van der Waals surface area contributed by atoms with E-state index in [4.69, 9.17) is 0 Å². The number of aromatic nitrogens is 4. The number of hydrogen-bond donors (Lipinski definition) is 2. The van der Waals surface area contributed by atoms with Crippen LogP contribution in [0.1, 0.15) is 11.1 Å². The summed E-state index contributed by atoms with van der Waals surface area (Å²) in [5.41, 5.74) is 4.69. The molecule has 0 atom stereocenters. The van der Waals surface area contributed by atoms with Gasteiger partial charge in [-0.05, 0) is 19.4 Å². The summed E-state index contributed by atoms with van der Waals surface area (Å²) in [6, 6.07) is 6.39. The van der Waals surface area contributed by atoms with Crippen molar-refractivity contribution in [1.82, 2.24) is 19.9 Å². The highest BCUT2D eigenvalue weighted by molar-refractivity contribution is 5.65. The molecule has 0 aliphatic carbocycles. The van der Waals surface area contributed by atoms with Gasteiger partial charge >= 0.3 is 0 Å². The number of aromatic amines is 2. The fourth-order valence-corrected chi connectivity index (χ4v) is 2.09. The third kappa shape index (κ3) is 1.82. The Hall–Kier alpha value is -2.36. The summed E-state index contributed by atoms with van der Waals surface area (Å²) in [6.07, 6.45) is 5.35. The normalized spacial score (nSPS) is 10.8. The minimum atomic E-state index is 0.756. The molecule has 90 valence electrons. The van der Waals surface area contributed by atoms with Crippen molar-refractivity contribution in [2.75, 3.05) is 0 Å². The predicted molar refractivity (Wildman–Crippen MR) is 71.1 cm³/mol. The van der Waals surface area contributed by atoms with Crippen LogP contribution in [0.5, 0.6) is 0 Å². The zero-order chi connectivity index (χ0) is 12.5. The highest BCUT2D eigenvalue weighted by Crippen LogP contribution is 2.24. The van der Waals surface area contributed by atoms with Gasteiger partial charge in [-0.1, -0.05) is 23.8 Å². The van der Waals surface area contributed by atoms with Crippen LogP contribution in [0.25, 0.3) is 22.9 Å². The molecule has 0 aliphatic rings. The van der Waals surface area contributed by atoms with Gasteiger partial charge in [0.15, 0.2) is 11.6 Å².